The second-order valence-corrected chi connectivity index (χ2v) is 6.02. The van der Waals surface area contributed by atoms with Crippen molar-refractivity contribution >= 4 is 21.4 Å². The van der Waals surface area contributed by atoms with E-state index in [1.807, 2.05) is 0 Å². The molecule has 2 aromatic rings. The first kappa shape index (κ1) is 13.4. The van der Waals surface area contributed by atoms with Crippen molar-refractivity contribution in [2.75, 3.05) is 10.5 Å². The third kappa shape index (κ3) is 3.69. The van der Waals surface area contributed by atoms with Gasteiger partial charge in [-0.05, 0) is 36.2 Å². The van der Waals surface area contributed by atoms with Crippen LogP contribution in [-0.4, -0.2) is 13.4 Å². The van der Waals surface area contributed by atoms with E-state index in [0.29, 0.717) is 16.9 Å². The number of hydrogen-bond acceptors (Lipinski definition) is 4. The van der Waals surface area contributed by atoms with Crippen molar-refractivity contribution in [3.05, 3.63) is 53.9 Å². The molecule has 1 aromatic carbocycles. The highest BCUT2D eigenvalue weighted by molar-refractivity contribution is 7.91. The van der Waals surface area contributed by atoms with Crippen molar-refractivity contribution in [2.24, 2.45) is 0 Å². The van der Waals surface area contributed by atoms with E-state index in [0.717, 1.165) is 5.56 Å². The molecule has 0 saturated heterocycles. The lowest BCUT2D eigenvalue weighted by Crippen LogP contribution is -2.15. The van der Waals surface area contributed by atoms with Gasteiger partial charge in [0.25, 0.3) is 0 Å². The number of hydrogen-bond donors (Lipinski definition) is 2. The third-order valence-corrected chi connectivity index (χ3v) is 3.87. The van der Waals surface area contributed by atoms with Crippen LogP contribution in [0.4, 0.5) is 11.4 Å². The van der Waals surface area contributed by atoms with Crippen LogP contribution in [0.1, 0.15) is 11.1 Å². The van der Waals surface area contributed by atoms with E-state index in [2.05, 4.69) is 9.71 Å². The molecule has 5 nitrogen and oxygen atoms in total. The fourth-order valence-electron chi connectivity index (χ4n) is 1.62. The van der Waals surface area contributed by atoms with Crippen LogP contribution in [-0.2, 0) is 15.8 Å². The molecule has 0 spiro atoms. The van der Waals surface area contributed by atoms with Crippen molar-refractivity contribution in [1.82, 2.24) is 4.98 Å². The summed E-state index contributed by atoms with van der Waals surface area (Å²) in [6.45, 7) is 1.80. The van der Waals surface area contributed by atoms with Crippen LogP contribution in [0.5, 0.6) is 0 Å². The van der Waals surface area contributed by atoms with Gasteiger partial charge in [0.15, 0.2) is 0 Å². The second-order valence-electron chi connectivity index (χ2n) is 4.29. The third-order valence-electron chi connectivity index (χ3n) is 2.62. The minimum absolute atomic E-state index is 0.0883. The molecule has 3 N–H and O–H groups in total. The summed E-state index contributed by atoms with van der Waals surface area (Å²) in [5.41, 5.74) is 8.19. The summed E-state index contributed by atoms with van der Waals surface area (Å²) in [4.78, 5) is 3.92. The summed E-state index contributed by atoms with van der Waals surface area (Å²) in [5.74, 6) is -0.0883. The lowest BCUT2D eigenvalue weighted by Gasteiger charge is -2.10. The first-order chi connectivity index (χ1) is 8.96. The summed E-state index contributed by atoms with van der Waals surface area (Å²) in [7, 11) is -3.44. The number of sulfonamides is 1. The van der Waals surface area contributed by atoms with Crippen LogP contribution in [0, 0.1) is 6.92 Å². The number of aromatic nitrogens is 1. The summed E-state index contributed by atoms with van der Waals surface area (Å²) in [6, 6.07) is 8.41. The van der Waals surface area contributed by atoms with Crippen molar-refractivity contribution in [3.63, 3.8) is 0 Å². The topological polar surface area (TPSA) is 85.1 Å². The molecule has 0 saturated carbocycles. The summed E-state index contributed by atoms with van der Waals surface area (Å²) in [5, 5.41) is 0. The number of nitrogens with zero attached hydrogens (tertiary/aromatic N) is 1. The Balaban J connectivity index is 2.15. The van der Waals surface area contributed by atoms with Gasteiger partial charge in [-0.3, -0.25) is 9.71 Å². The number of aryl methyl sites for hydroxylation is 1. The molecule has 0 aliphatic heterocycles. The fourth-order valence-corrected chi connectivity index (χ4v) is 2.89. The molecular formula is C13H15N3O2S. The van der Waals surface area contributed by atoms with Gasteiger partial charge < -0.3 is 5.73 Å². The number of benzene rings is 1. The number of anilines is 2. The van der Waals surface area contributed by atoms with E-state index in [-0.39, 0.29) is 5.75 Å². The summed E-state index contributed by atoms with van der Waals surface area (Å²) < 4.78 is 26.6. The molecule has 0 aliphatic rings. The number of nitrogens with two attached hydrogens (primary N) is 1. The molecular weight excluding hydrogens is 262 g/mol. The van der Waals surface area contributed by atoms with Crippen LogP contribution >= 0.6 is 0 Å². The Labute approximate surface area is 112 Å². The fraction of sp³-hybridized carbons (Fsp3) is 0.154. The zero-order valence-corrected chi connectivity index (χ0v) is 11.3. The first-order valence-corrected chi connectivity index (χ1v) is 7.37. The van der Waals surface area contributed by atoms with Gasteiger partial charge in [0.2, 0.25) is 10.0 Å². The summed E-state index contributed by atoms with van der Waals surface area (Å²) >= 11 is 0. The van der Waals surface area contributed by atoms with Crippen LogP contribution in [0.2, 0.25) is 0 Å². The SMILES string of the molecule is Cc1cnccc1NS(=O)(=O)Cc1ccc(N)cc1. The molecule has 100 valence electrons. The van der Waals surface area contributed by atoms with Crippen LogP contribution in [0.3, 0.4) is 0 Å². The van der Waals surface area contributed by atoms with E-state index in [1.54, 1.807) is 49.6 Å². The Morgan fingerprint density at radius 2 is 1.89 bits per heavy atom. The van der Waals surface area contributed by atoms with Gasteiger partial charge in [0, 0.05) is 18.1 Å². The quantitative estimate of drug-likeness (QED) is 0.836. The smallest absolute Gasteiger partial charge is 0.236 e. The van der Waals surface area contributed by atoms with Crippen molar-refractivity contribution in [2.45, 2.75) is 12.7 Å². The Morgan fingerprint density at radius 1 is 1.21 bits per heavy atom. The van der Waals surface area contributed by atoms with Gasteiger partial charge in [0.1, 0.15) is 0 Å². The molecule has 0 fully saturated rings. The van der Waals surface area contributed by atoms with Gasteiger partial charge in [-0.1, -0.05) is 12.1 Å². The van der Waals surface area contributed by atoms with Crippen LogP contribution in [0.15, 0.2) is 42.7 Å². The largest absolute Gasteiger partial charge is 0.399 e. The number of nitrogens with one attached hydrogen (secondary N) is 1. The maximum absolute atomic E-state index is 12.0. The van der Waals surface area contributed by atoms with E-state index in [4.69, 9.17) is 5.73 Å². The van der Waals surface area contributed by atoms with E-state index in [9.17, 15) is 8.42 Å². The van der Waals surface area contributed by atoms with E-state index in [1.165, 1.54) is 0 Å². The van der Waals surface area contributed by atoms with E-state index < -0.39 is 10.0 Å². The Morgan fingerprint density at radius 3 is 2.53 bits per heavy atom. The van der Waals surface area contributed by atoms with Gasteiger partial charge in [-0.2, -0.15) is 0 Å². The molecule has 6 heteroatoms. The minimum atomic E-state index is -3.44. The molecule has 0 radical (unpaired) electrons. The maximum atomic E-state index is 12.0. The first-order valence-electron chi connectivity index (χ1n) is 5.72. The molecule has 0 unspecified atom stereocenters. The monoisotopic (exact) mass is 277 g/mol. The average Bonchev–Trinajstić information content (AvgIpc) is 2.35. The highest BCUT2D eigenvalue weighted by Crippen LogP contribution is 2.16. The van der Waals surface area contributed by atoms with Crippen molar-refractivity contribution in [3.8, 4) is 0 Å². The van der Waals surface area contributed by atoms with Crippen molar-refractivity contribution < 1.29 is 8.42 Å². The molecule has 19 heavy (non-hydrogen) atoms. The molecule has 1 heterocycles. The Bertz CT molecular complexity index is 667. The number of rotatable bonds is 4. The van der Waals surface area contributed by atoms with E-state index >= 15 is 0 Å². The van der Waals surface area contributed by atoms with Gasteiger partial charge >= 0.3 is 0 Å². The molecule has 2 rings (SSSR count). The zero-order valence-electron chi connectivity index (χ0n) is 10.5. The molecule has 0 atom stereocenters. The summed E-state index contributed by atoms with van der Waals surface area (Å²) in [6.07, 6.45) is 3.16. The molecule has 0 aliphatic carbocycles. The molecule has 0 amide bonds. The Kier molecular flexibility index (Phi) is 3.71. The second kappa shape index (κ2) is 5.27. The maximum Gasteiger partial charge on any atom is 0.236 e. The van der Waals surface area contributed by atoms with Gasteiger partial charge in [0.05, 0.1) is 11.4 Å². The predicted molar refractivity (Wildman–Crippen MR) is 76.1 cm³/mol. The minimum Gasteiger partial charge on any atom is -0.399 e. The zero-order chi connectivity index (χ0) is 13.9. The van der Waals surface area contributed by atoms with Gasteiger partial charge in [-0.25, -0.2) is 8.42 Å². The highest BCUT2D eigenvalue weighted by atomic mass is 32.2. The normalized spacial score (nSPS) is 11.2. The van der Waals surface area contributed by atoms with Crippen molar-refractivity contribution in [1.29, 1.82) is 0 Å². The van der Waals surface area contributed by atoms with Gasteiger partial charge in [-0.15, -0.1) is 0 Å². The standard InChI is InChI=1S/C13H15N3O2S/c1-10-8-15-7-6-13(10)16-19(17,18)9-11-2-4-12(14)5-3-11/h2-8H,9,14H2,1H3,(H,15,16). The number of pyridine rings is 1. The van der Waals surface area contributed by atoms with Crippen LogP contribution in [0.25, 0.3) is 0 Å². The van der Waals surface area contributed by atoms with Crippen LogP contribution < -0.4 is 10.5 Å². The molecule has 1 aromatic heterocycles. The highest BCUT2D eigenvalue weighted by Gasteiger charge is 2.12. The number of nitrogen functional groups attached to an aromatic ring is 1. The molecule has 0 bridgehead atoms. The lowest BCUT2D eigenvalue weighted by atomic mass is 10.2. The lowest BCUT2D eigenvalue weighted by molar-refractivity contribution is 0.600. The predicted octanol–water partition coefficient (Wildman–Crippen LogP) is 1.91. The average molecular weight is 277 g/mol. The Hall–Kier alpha value is -2.08.